The monoisotopic (exact) mass is 243 g/mol. The second-order valence-electron chi connectivity index (χ2n) is 4.05. The van der Waals surface area contributed by atoms with E-state index in [4.69, 9.17) is 27.9 Å². The van der Waals surface area contributed by atoms with E-state index in [2.05, 4.69) is 0 Å². The van der Waals surface area contributed by atoms with Crippen LogP contribution in [0.2, 0.25) is 0 Å². The minimum Gasteiger partial charge on any atom is -0.491 e. The standard InChI is InChI=1S/C12H13Cl2O/c1-8(2)15-10-5-3-9(4-6-10)11-7-12(11,13)14/h3-6,8H,7H2,1-2H3. The molecule has 1 aliphatic rings. The molecule has 3 heteroatoms. The van der Waals surface area contributed by atoms with Gasteiger partial charge in [0.2, 0.25) is 0 Å². The largest absolute Gasteiger partial charge is 0.491 e. The fraction of sp³-hybridized carbons (Fsp3) is 0.417. The van der Waals surface area contributed by atoms with E-state index in [9.17, 15) is 0 Å². The molecule has 2 rings (SSSR count). The first-order valence-corrected chi connectivity index (χ1v) is 5.76. The summed E-state index contributed by atoms with van der Waals surface area (Å²) in [5, 5.41) is 0. The Balaban J connectivity index is 2.05. The lowest BCUT2D eigenvalue weighted by Crippen LogP contribution is -2.05. The average molecular weight is 244 g/mol. The summed E-state index contributed by atoms with van der Waals surface area (Å²) in [6.07, 6.45) is 0.963. The molecule has 0 N–H and O–H groups in total. The molecule has 0 unspecified atom stereocenters. The van der Waals surface area contributed by atoms with Gasteiger partial charge in [-0.3, -0.25) is 0 Å². The van der Waals surface area contributed by atoms with Gasteiger partial charge >= 0.3 is 0 Å². The van der Waals surface area contributed by atoms with E-state index < -0.39 is 4.33 Å². The molecule has 1 nitrogen and oxygen atoms in total. The molecule has 0 spiro atoms. The molecule has 1 aromatic carbocycles. The maximum atomic E-state index is 5.96. The van der Waals surface area contributed by atoms with Gasteiger partial charge in [-0.15, -0.1) is 23.2 Å². The van der Waals surface area contributed by atoms with Gasteiger partial charge in [0.25, 0.3) is 0 Å². The van der Waals surface area contributed by atoms with Gasteiger partial charge in [0.15, 0.2) is 0 Å². The van der Waals surface area contributed by atoms with Crippen molar-refractivity contribution in [1.82, 2.24) is 0 Å². The molecule has 0 aromatic heterocycles. The Hall–Kier alpha value is -0.400. The van der Waals surface area contributed by atoms with E-state index in [1.165, 1.54) is 0 Å². The lowest BCUT2D eigenvalue weighted by atomic mass is 10.1. The van der Waals surface area contributed by atoms with Crippen molar-refractivity contribution in [2.45, 2.75) is 30.7 Å². The second-order valence-corrected chi connectivity index (χ2v) is 5.53. The van der Waals surface area contributed by atoms with E-state index >= 15 is 0 Å². The topological polar surface area (TPSA) is 9.23 Å². The fourth-order valence-electron chi connectivity index (χ4n) is 1.50. The molecule has 1 aromatic rings. The summed E-state index contributed by atoms with van der Waals surface area (Å²) in [4.78, 5) is 0. The van der Waals surface area contributed by atoms with Crippen LogP contribution in [0.25, 0.3) is 0 Å². The van der Waals surface area contributed by atoms with Crippen molar-refractivity contribution in [3.05, 3.63) is 35.7 Å². The third kappa shape index (κ3) is 2.59. The summed E-state index contributed by atoms with van der Waals surface area (Å²) in [5.41, 5.74) is 1.11. The van der Waals surface area contributed by atoms with Crippen molar-refractivity contribution < 1.29 is 4.74 Å². The van der Waals surface area contributed by atoms with Crippen LogP contribution in [0.15, 0.2) is 24.3 Å². The Kier molecular flexibility index (Phi) is 2.87. The number of rotatable bonds is 3. The lowest BCUT2D eigenvalue weighted by molar-refractivity contribution is 0.242. The SMILES string of the molecule is CC(C)Oc1ccc([C]2CC2(Cl)Cl)cc1. The van der Waals surface area contributed by atoms with Crippen LogP contribution in [-0.4, -0.2) is 10.4 Å². The predicted octanol–water partition coefficient (Wildman–Crippen LogP) is 3.97. The van der Waals surface area contributed by atoms with Crippen LogP contribution in [-0.2, 0) is 0 Å². The molecule has 81 valence electrons. The summed E-state index contributed by atoms with van der Waals surface area (Å²) >= 11 is 11.9. The van der Waals surface area contributed by atoms with Crippen LogP contribution >= 0.6 is 23.2 Å². The first-order valence-electron chi connectivity index (χ1n) is 5.00. The molecule has 1 fully saturated rings. The molecular formula is C12H13Cl2O. The average Bonchev–Trinajstić information content (AvgIpc) is 2.75. The van der Waals surface area contributed by atoms with E-state index in [1.807, 2.05) is 38.1 Å². The Morgan fingerprint density at radius 1 is 1.20 bits per heavy atom. The molecule has 0 amide bonds. The van der Waals surface area contributed by atoms with Gasteiger partial charge in [0.1, 0.15) is 10.1 Å². The number of hydrogen-bond donors (Lipinski definition) is 0. The summed E-state index contributed by atoms with van der Waals surface area (Å²) in [7, 11) is 0. The Labute approximate surface area is 100 Å². The third-order valence-electron chi connectivity index (χ3n) is 2.29. The van der Waals surface area contributed by atoms with Crippen LogP contribution < -0.4 is 4.74 Å². The van der Waals surface area contributed by atoms with Gasteiger partial charge in [0.05, 0.1) is 6.10 Å². The van der Waals surface area contributed by atoms with E-state index in [1.54, 1.807) is 0 Å². The maximum Gasteiger partial charge on any atom is 0.130 e. The maximum absolute atomic E-state index is 5.96. The number of hydrogen-bond acceptors (Lipinski definition) is 1. The normalized spacial score (nSPS) is 19.3. The van der Waals surface area contributed by atoms with Crippen LogP contribution in [0, 0.1) is 5.92 Å². The van der Waals surface area contributed by atoms with Crippen molar-refractivity contribution in [2.75, 3.05) is 0 Å². The van der Waals surface area contributed by atoms with Crippen molar-refractivity contribution >= 4 is 23.2 Å². The van der Waals surface area contributed by atoms with Crippen LogP contribution in [0.5, 0.6) is 5.75 Å². The molecule has 0 bridgehead atoms. The first kappa shape index (κ1) is 11.1. The van der Waals surface area contributed by atoms with Gasteiger partial charge < -0.3 is 4.74 Å². The zero-order valence-corrected chi connectivity index (χ0v) is 10.3. The van der Waals surface area contributed by atoms with Gasteiger partial charge in [-0.05, 0) is 38.0 Å². The Morgan fingerprint density at radius 3 is 2.13 bits per heavy atom. The van der Waals surface area contributed by atoms with Crippen LogP contribution in [0.4, 0.5) is 0 Å². The zero-order valence-electron chi connectivity index (χ0n) is 8.76. The minimum absolute atomic E-state index is 0.199. The molecule has 0 aliphatic heterocycles. The molecule has 0 atom stereocenters. The molecule has 1 saturated carbocycles. The van der Waals surface area contributed by atoms with Gasteiger partial charge in [0, 0.05) is 5.92 Å². The molecule has 0 saturated heterocycles. The molecule has 1 radical (unpaired) electrons. The number of benzene rings is 1. The fourth-order valence-corrected chi connectivity index (χ4v) is 1.98. The molecule has 15 heavy (non-hydrogen) atoms. The number of ether oxygens (including phenoxy) is 1. The highest BCUT2D eigenvalue weighted by Crippen LogP contribution is 2.58. The smallest absolute Gasteiger partial charge is 0.130 e. The summed E-state index contributed by atoms with van der Waals surface area (Å²) in [6.45, 7) is 4.01. The number of alkyl halides is 2. The Bertz CT molecular complexity index is 343. The van der Waals surface area contributed by atoms with Crippen molar-refractivity contribution in [3.63, 3.8) is 0 Å². The van der Waals surface area contributed by atoms with Crippen molar-refractivity contribution in [1.29, 1.82) is 0 Å². The third-order valence-corrected chi connectivity index (χ3v) is 3.01. The molecule has 1 aliphatic carbocycles. The highest BCUT2D eigenvalue weighted by atomic mass is 35.5. The predicted molar refractivity (Wildman–Crippen MR) is 63.6 cm³/mol. The van der Waals surface area contributed by atoms with Gasteiger partial charge in [-0.1, -0.05) is 12.1 Å². The first-order chi connectivity index (χ1) is 6.99. The van der Waals surface area contributed by atoms with E-state index in [0.29, 0.717) is 0 Å². The van der Waals surface area contributed by atoms with Crippen LogP contribution in [0.1, 0.15) is 25.8 Å². The zero-order chi connectivity index (χ0) is 11.1. The van der Waals surface area contributed by atoms with E-state index in [0.717, 1.165) is 23.7 Å². The minimum atomic E-state index is -0.625. The highest BCUT2D eigenvalue weighted by molar-refractivity contribution is 6.53. The van der Waals surface area contributed by atoms with Gasteiger partial charge in [-0.2, -0.15) is 0 Å². The van der Waals surface area contributed by atoms with Gasteiger partial charge in [-0.25, -0.2) is 0 Å². The van der Waals surface area contributed by atoms with Crippen LogP contribution in [0.3, 0.4) is 0 Å². The lowest BCUT2D eigenvalue weighted by Gasteiger charge is -2.09. The highest BCUT2D eigenvalue weighted by Gasteiger charge is 2.53. The van der Waals surface area contributed by atoms with E-state index in [-0.39, 0.29) is 6.10 Å². The quantitative estimate of drug-likeness (QED) is 0.731. The summed E-state index contributed by atoms with van der Waals surface area (Å²) in [5.74, 6) is 1.98. The van der Waals surface area contributed by atoms with Crippen molar-refractivity contribution in [2.24, 2.45) is 0 Å². The Morgan fingerprint density at radius 2 is 1.73 bits per heavy atom. The second kappa shape index (κ2) is 3.88. The molecule has 0 heterocycles. The van der Waals surface area contributed by atoms with Crippen molar-refractivity contribution in [3.8, 4) is 5.75 Å². The number of halogens is 2. The molecular weight excluding hydrogens is 231 g/mol. The summed E-state index contributed by atoms with van der Waals surface area (Å²) in [6, 6.07) is 7.90. The summed E-state index contributed by atoms with van der Waals surface area (Å²) < 4.78 is 4.92.